The summed E-state index contributed by atoms with van der Waals surface area (Å²) in [5.41, 5.74) is 2.95. The number of fused-ring (bicyclic) bond motifs is 1. The molecule has 0 aromatic heterocycles. The Morgan fingerprint density at radius 1 is 1.30 bits per heavy atom. The van der Waals surface area contributed by atoms with Crippen molar-refractivity contribution in [2.45, 2.75) is 65.2 Å². The van der Waals surface area contributed by atoms with E-state index in [0.29, 0.717) is 6.42 Å². The fourth-order valence-electron chi connectivity index (χ4n) is 3.55. The third-order valence-corrected chi connectivity index (χ3v) is 4.97. The molecule has 3 rings (SSSR count). The lowest BCUT2D eigenvalue weighted by Gasteiger charge is -2.38. The van der Waals surface area contributed by atoms with Gasteiger partial charge in [-0.3, -0.25) is 4.79 Å². The highest BCUT2D eigenvalue weighted by Gasteiger charge is 2.35. The van der Waals surface area contributed by atoms with Crippen LogP contribution in [-0.4, -0.2) is 17.6 Å². The highest BCUT2D eigenvalue weighted by atomic mass is 16.5. The molecule has 0 radical (unpaired) electrons. The normalized spacial score (nSPS) is 18.8. The third kappa shape index (κ3) is 4.44. The van der Waals surface area contributed by atoms with E-state index in [0.717, 1.165) is 34.6 Å². The summed E-state index contributed by atoms with van der Waals surface area (Å²) in [7, 11) is 0. The Hall–Kier alpha value is -2.49. The minimum Gasteiger partial charge on any atom is -0.487 e. The summed E-state index contributed by atoms with van der Waals surface area (Å²) in [5.74, 6) is 1.49. The van der Waals surface area contributed by atoms with Gasteiger partial charge in [-0.2, -0.15) is 0 Å². The van der Waals surface area contributed by atoms with E-state index in [2.05, 4.69) is 18.3 Å². The van der Waals surface area contributed by atoms with E-state index in [1.165, 1.54) is 0 Å². The summed E-state index contributed by atoms with van der Waals surface area (Å²) in [4.78, 5) is 12.8. The monoisotopic (exact) mass is 367 g/mol. The molecule has 0 bridgehead atoms. The Morgan fingerprint density at radius 3 is 2.78 bits per heavy atom. The molecule has 0 saturated heterocycles. The summed E-state index contributed by atoms with van der Waals surface area (Å²) in [5, 5.41) is 3.17. The Kier molecular flexibility index (Phi) is 5.45. The van der Waals surface area contributed by atoms with Crippen LogP contribution in [0.25, 0.3) is 0 Å². The van der Waals surface area contributed by atoms with Crippen LogP contribution in [0.5, 0.6) is 11.5 Å². The van der Waals surface area contributed by atoms with Gasteiger partial charge in [0.15, 0.2) is 6.10 Å². The number of rotatable bonds is 5. The molecule has 2 aromatic carbocycles. The maximum Gasteiger partial charge on any atom is 0.261 e. The van der Waals surface area contributed by atoms with Gasteiger partial charge in [0, 0.05) is 12.0 Å². The van der Waals surface area contributed by atoms with Gasteiger partial charge in [-0.25, -0.2) is 0 Å². The van der Waals surface area contributed by atoms with Gasteiger partial charge in [-0.15, -0.1) is 0 Å². The van der Waals surface area contributed by atoms with Crippen molar-refractivity contribution in [3.8, 4) is 11.5 Å². The highest BCUT2D eigenvalue weighted by molar-refractivity contribution is 5.81. The van der Waals surface area contributed by atoms with Crippen molar-refractivity contribution in [3.63, 3.8) is 0 Å². The van der Waals surface area contributed by atoms with Gasteiger partial charge >= 0.3 is 0 Å². The zero-order valence-corrected chi connectivity index (χ0v) is 16.8. The van der Waals surface area contributed by atoms with E-state index in [9.17, 15) is 4.79 Å². The Morgan fingerprint density at radius 2 is 2.04 bits per heavy atom. The maximum atomic E-state index is 12.8. The Labute approximate surface area is 161 Å². The van der Waals surface area contributed by atoms with E-state index >= 15 is 0 Å². The molecule has 2 aromatic rings. The standard InChI is InChI=1S/C23H29NO3/c1-6-17-9-7-8-10-20(17)26-16(3)22(25)24-19-14-23(4,5)27-21-12-11-15(2)13-18(19)21/h7-13,16,19H,6,14H2,1-5H3,(H,24,25)/t16-,19-/m1/s1. The molecule has 2 atom stereocenters. The average molecular weight is 367 g/mol. The molecule has 0 aliphatic carbocycles. The SMILES string of the molecule is CCc1ccccc1O[C@H](C)C(=O)N[C@@H]1CC(C)(C)Oc2ccc(C)cc21. The number of nitrogens with one attached hydrogen (secondary N) is 1. The van der Waals surface area contributed by atoms with E-state index in [4.69, 9.17) is 9.47 Å². The minimum atomic E-state index is -0.572. The van der Waals surface area contributed by atoms with Crippen LogP contribution in [0.1, 0.15) is 56.8 Å². The van der Waals surface area contributed by atoms with E-state index in [1.54, 1.807) is 6.92 Å². The van der Waals surface area contributed by atoms with Crippen molar-refractivity contribution in [2.24, 2.45) is 0 Å². The summed E-state index contributed by atoms with van der Waals surface area (Å²) in [6.07, 6.45) is 1.01. The number of benzene rings is 2. The topological polar surface area (TPSA) is 47.6 Å². The van der Waals surface area contributed by atoms with Gasteiger partial charge in [0.05, 0.1) is 6.04 Å². The quantitative estimate of drug-likeness (QED) is 0.830. The first-order valence-corrected chi connectivity index (χ1v) is 9.63. The lowest BCUT2D eigenvalue weighted by Crippen LogP contribution is -2.44. The first-order chi connectivity index (χ1) is 12.8. The van der Waals surface area contributed by atoms with Gasteiger partial charge in [0.1, 0.15) is 17.1 Å². The number of hydrogen-bond acceptors (Lipinski definition) is 3. The molecule has 4 heteroatoms. The molecule has 1 amide bonds. The van der Waals surface area contributed by atoms with Gasteiger partial charge < -0.3 is 14.8 Å². The summed E-state index contributed by atoms with van der Waals surface area (Å²) in [6, 6.07) is 13.9. The van der Waals surface area contributed by atoms with Crippen molar-refractivity contribution in [1.82, 2.24) is 5.32 Å². The molecular weight excluding hydrogens is 338 g/mol. The number of aryl methyl sites for hydroxylation is 2. The lowest BCUT2D eigenvalue weighted by molar-refractivity contribution is -0.128. The van der Waals surface area contributed by atoms with Crippen LogP contribution in [0.4, 0.5) is 0 Å². The fourth-order valence-corrected chi connectivity index (χ4v) is 3.55. The smallest absolute Gasteiger partial charge is 0.261 e. The van der Waals surface area contributed by atoms with Crippen molar-refractivity contribution in [1.29, 1.82) is 0 Å². The number of carbonyl (C=O) groups is 1. The number of ether oxygens (including phenoxy) is 2. The molecule has 27 heavy (non-hydrogen) atoms. The van der Waals surface area contributed by atoms with E-state index in [-0.39, 0.29) is 17.6 Å². The van der Waals surface area contributed by atoms with Crippen molar-refractivity contribution in [3.05, 3.63) is 59.2 Å². The van der Waals surface area contributed by atoms with E-state index < -0.39 is 6.10 Å². The second-order valence-electron chi connectivity index (χ2n) is 7.89. The summed E-state index contributed by atoms with van der Waals surface area (Å²) >= 11 is 0. The molecule has 0 spiro atoms. The third-order valence-electron chi connectivity index (χ3n) is 4.97. The predicted molar refractivity (Wildman–Crippen MR) is 107 cm³/mol. The predicted octanol–water partition coefficient (Wildman–Crippen LogP) is 4.74. The van der Waals surface area contributed by atoms with Crippen LogP contribution >= 0.6 is 0 Å². The van der Waals surface area contributed by atoms with Gasteiger partial charge in [-0.1, -0.05) is 42.8 Å². The van der Waals surface area contributed by atoms with Crippen LogP contribution in [0, 0.1) is 6.92 Å². The summed E-state index contributed by atoms with van der Waals surface area (Å²) < 4.78 is 12.1. The van der Waals surface area contributed by atoms with Crippen LogP contribution < -0.4 is 14.8 Å². The van der Waals surface area contributed by atoms with Crippen molar-refractivity contribution in [2.75, 3.05) is 0 Å². The molecule has 1 heterocycles. The number of carbonyl (C=O) groups excluding carboxylic acids is 1. The largest absolute Gasteiger partial charge is 0.487 e. The van der Waals surface area contributed by atoms with Crippen LogP contribution in [0.15, 0.2) is 42.5 Å². The molecule has 1 aliphatic heterocycles. The number of para-hydroxylation sites is 1. The molecule has 4 nitrogen and oxygen atoms in total. The number of amides is 1. The van der Waals surface area contributed by atoms with Crippen LogP contribution in [0.3, 0.4) is 0 Å². The molecule has 1 N–H and O–H groups in total. The van der Waals surface area contributed by atoms with E-state index in [1.807, 2.05) is 57.2 Å². The number of hydrogen-bond donors (Lipinski definition) is 1. The minimum absolute atomic E-state index is 0.0939. The fraction of sp³-hybridized carbons (Fsp3) is 0.435. The van der Waals surface area contributed by atoms with Crippen LogP contribution in [0.2, 0.25) is 0 Å². The highest BCUT2D eigenvalue weighted by Crippen LogP contribution is 2.39. The Bertz CT molecular complexity index is 828. The van der Waals surface area contributed by atoms with Crippen molar-refractivity contribution >= 4 is 5.91 Å². The lowest BCUT2D eigenvalue weighted by atomic mass is 9.89. The first kappa shape index (κ1) is 19.3. The zero-order valence-electron chi connectivity index (χ0n) is 16.8. The average Bonchev–Trinajstić information content (AvgIpc) is 2.62. The molecule has 1 aliphatic rings. The molecule has 0 unspecified atom stereocenters. The van der Waals surface area contributed by atoms with Crippen molar-refractivity contribution < 1.29 is 14.3 Å². The van der Waals surface area contributed by atoms with Crippen LogP contribution in [-0.2, 0) is 11.2 Å². The maximum absolute atomic E-state index is 12.8. The molecule has 0 saturated carbocycles. The molecule has 0 fully saturated rings. The second-order valence-corrected chi connectivity index (χ2v) is 7.89. The van der Waals surface area contributed by atoms with Gasteiger partial charge in [0.2, 0.25) is 0 Å². The van der Waals surface area contributed by atoms with Gasteiger partial charge in [-0.05, 0) is 51.8 Å². The second kappa shape index (κ2) is 7.63. The molecule has 144 valence electrons. The zero-order chi connectivity index (χ0) is 19.6. The Balaban J connectivity index is 1.76. The molecular formula is C23H29NO3. The summed E-state index contributed by atoms with van der Waals surface area (Å²) in [6.45, 7) is 10.0. The first-order valence-electron chi connectivity index (χ1n) is 9.63. The van der Waals surface area contributed by atoms with Gasteiger partial charge in [0.25, 0.3) is 5.91 Å².